The summed E-state index contributed by atoms with van der Waals surface area (Å²) in [4.78, 5) is 34.0. The number of benzene rings is 2. The Kier molecular flexibility index (Phi) is 6.92. The Morgan fingerprint density at radius 1 is 1.18 bits per heavy atom. The van der Waals surface area contributed by atoms with Crippen LogP contribution < -0.4 is 15.9 Å². The van der Waals surface area contributed by atoms with E-state index in [0.717, 1.165) is 26.4 Å². The highest BCUT2D eigenvalue weighted by atomic mass is 35.5. The zero-order chi connectivity index (χ0) is 27.1. The number of rotatable bonds is 7. The molecule has 3 aromatic heterocycles. The van der Waals surface area contributed by atoms with E-state index in [-0.39, 0.29) is 28.6 Å². The molecule has 0 bridgehead atoms. The highest BCUT2D eigenvalue weighted by Crippen LogP contribution is 2.35. The van der Waals surface area contributed by atoms with Crippen LogP contribution in [0.5, 0.6) is 5.75 Å². The fourth-order valence-electron chi connectivity index (χ4n) is 4.41. The molecule has 0 saturated heterocycles. The number of carbonyl (C=O) groups excluding carboxylic acids is 1. The number of aliphatic hydroxyl groups excluding tert-OH is 1. The maximum Gasteiger partial charge on any atom is 0.271 e. The summed E-state index contributed by atoms with van der Waals surface area (Å²) in [6.45, 7) is 5.45. The van der Waals surface area contributed by atoms with Gasteiger partial charge >= 0.3 is 0 Å². The van der Waals surface area contributed by atoms with Crippen molar-refractivity contribution in [3.8, 4) is 17.1 Å². The Morgan fingerprint density at radius 3 is 2.71 bits per heavy atom. The van der Waals surface area contributed by atoms with Crippen LogP contribution in [0.4, 0.5) is 0 Å². The monoisotopic (exact) mass is 549 g/mol. The average Bonchev–Trinajstić information content (AvgIpc) is 3.28. The topological polar surface area (TPSA) is 129 Å². The number of aliphatic hydroxyl groups is 1. The van der Waals surface area contributed by atoms with Crippen molar-refractivity contribution >= 4 is 50.0 Å². The van der Waals surface area contributed by atoms with E-state index in [1.165, 1.54) is 23.5 Å². The molecular weight excluding hydrogens is 526 g/mol. The van der Waals surface area contributed by atoms with Gasteiger partial charge in [-0.3, -0.25) is 9.59 Å². The molecule has 0 saturated carbocycles. The molecule has 8 nitrogen and oxygen atoms in total. The van der Waals surface area contributed by atoms with Crippen molar-refractivity contribution in [3.05, 3.63) is 85.2 Å². The van der Waals surface area contributed by atoms with Gasteiger partial charge in [0, 0.05) is 29.7 Å². The van der Waals surface area contributed by atoms with Crippen LogP contribution in [0.15, 0.2) is 51.7 Å². The smallest absolute Gasteiger partial charge is 0.271 e. The maximum absolute atomic E-state index is 13.5. The zero-order valence-corrected chi connectivity index (χ0v) is 22.4. The van der Waals surface area contributed by atoms with Gasteiger partial charge in [-0.15, -0.1) is 11.3 Å². The number of amides is 1. The summed E-state index contributed by atoms with van der Waals surface area (Å²) >= 11 is 7.43. The highest BCUT2D eigenvalue weighted by Gasteiger charge is 2.22. The summed E-state index contributed by atoms with van der Waals surface area (Å²) in [5, 5.41) is 10.7. The number of primary amides is 1. The van der Waals surface area contributed by atoms with Crippen molar-refractivity contribution in [2.45, 2.75) is 33.3 Å². The first-order valence-corrected chi connectivity index (χ1v) is 13.1. The summed E-state index contributed by atoms with van der Waals surface area (Å²) in [5.74, 6) is -0.147. The SMILES string of the molecule is Cc1cc([C@@H](C)Oc2ccc(Cl)nc2C(N)=O)c2oc(-c3ccc4nc(CCO)sc4c3)c(C)c(=O)c2c1. The molecule has 10 heteroatoms. The molecule has 3 heterocycles. The number of aromatic nitrogens is 2. The van der Waals surface area contributed by atoms with E-state index in [1.54, 1.807) is 19.9 Å². The Bertz CT molecular complexity index is 1780. The predicted molar refractivity (Wildman–Crippen MR) is 148 cm³/mol. The summed E-state index contributed by atoms with van der Waals surface area (Å²) in [7, 11) is 0. The quantitative estimate of drug-likeness (QED) is 0.256. The third-order valence-electron chi connectivity index (χ3n) is 6.21. The number of thiazole rings is 1. The Hall–Kier alpha value is -3.79. The second-order valence-corrected chi connectivity index (χ2v) is 10.5. The van der Waals surface area contributed by atoms with Gasteiger partial charge in [0.1, 0.15) is 22.6 Å². The predicted octanol–water partition coefficient (Wildman–Crippen LogP) is 5.51. The number of hydrogen-bond donors (Lipinski definition) is 2. The molecule has 0 spiro atoms. The van der Waals surface area contributed by atoms with E-state index in [2.05, 4.69) is 9.97 Å². The van der Waals surface area contributed by atoms with Crippen LogP contribution in [-0.4, -0.2) is 27.6 Å². The van der Waals surface area contributed by atoms with Crippen LogP contribution in [0, 0.1) is 13.8 Å². The van der Waals surface area contributed by atoms with E-state index >= 15 is 0 Å². The number of ether oxygens (including phenoxy) is 1. The van der Waals surface area contributed by atoms with Crippen LogP contribution in [0.1, 0.15) is 45.2 Å². The number of hydrogen-bond acceptors (Lipinski definition) is 8. The van der Waals surface area contributed by atoms with Gasteiger partial charge in [-0.2, -0.15) is 0 Å². The molecule has 1 amide bonds. The summed E-state index contributed by atoms with van der Waals surface area (Å²) in [6.07, 6.45) is -0.137. The van der Waals surface area contributed by atoms with Crippen molar-refractivity contribution in [2.75, 3.05) is 6.61 Å². The van der Waals surface area contributed by atoms with Gasteiger partial charge in [-0.05, 0) is 68.8 Å². The standard InChI is InChI=1S/C28H24ClN3O5S/c1-13-10-17(15(3)36-20-6-7-22(29)32-24(20)28(30)35)27-18(11-13)25(34)14(2)26(37-27)16-4-5-19-21(12-16)38-23(31-19)8-9-33/h4-7,10-12,15,33H,8-9H2,1-3H3,(H2,30,35)/t15-/m1/s1. The first kappa shape index (κ1) is 25.8. The molecule has 194 valence electrons. The Balaban J connectivity index is 1.64. The number of halogens is 1. The largest absolute Gasteiger partial charge is 0.483 e. The van der Waals surface area contributed by atoms with Gasteiger partial charge in [0.05, 0.1) is 20.6 Å². The molecule has 5 rings (SSSR count). The van der Waals surface area contributed by atoms with E-state index < -0.39 is 12.0 Å². The van der Waals surface area contributed by atoms with Crippen LogP contribution in [0.25, 0.3) is 32.5 Å². The molecular formula is C28H24ClN3O5S. The minimum absolute atomic E-state index is 0.0286. The molecule has 0 radical (unpaired) electrons. The molecule has 0 aliphatic carbocycles. The lowest BCUT2D eigenvalue weighted by Gasteiger charge is -2.19. The Labute approximate surface area is 226 Å². The van der Waals surface area contributed by atoms with Gasteiger partial charge < -0.3 is 20.0 Å². The van der Waals surface area contributed by atoms with Crippen molar-refractivity contribution in [3.63, 3.8) is 0 Å². The van der Waals surface area contributed by atoms with Gasteiger partial charge in [0.2, 0.25) is 0 Å². The lowest BCUT2D eigenvalue weighted by Crippen LogP contribution is -2.17. The van der Waals surface area contributed by atoms with Crippen LogP contribution in [0.2, 0.25) is 5.15 Å². The van der Waals surface area contributed by atoms with E-state index in [0.29, 0.717) is 34.3 Å². The first-order chi connectivity index (χ1) is 18.2. The molecule has 3 N–H and O–H groups in total. The van der Waals surface area contributed by atoms with Crippen LogP contribution in [0.3, 0.4) is 0 Å². The number of nitrogens with two attached hydrogens (primary N) is 1. The minimum Gasteiger partial charge on any atom is -0.483 e. The zero-order valence-electron chi connectivity index (χ0n) is 20.9. The molecule has 0 unspecified atom stereocenters. The van der Waals surface area contributed by atoms with Crippen LogP contribution >= 0.6 is 22.9 Å². The maximum atomic E-state index is 13.5. The summed E-state index contributed by atoms with van der Waals surface area (Å²) in [5.41, 5.74) is 9.17. The summed E-state index contributed by atoms with van der Waals surface area (Å²) < 4.78 is 13.5. The second-order valence-electron chi connectivity index (χ2n) is 8.98. The molecule has 5 aromatic rings. The van der Waals surface area contributed by atoms with Crippen molar-refractivity contribution in [2.24, 2.45) is 5.73 Å². The molecule has 0 aliphatic heterocycles. The molecule has 1 atom stereocenters. The number of pyridine rings is 1. The van der Waals surface area contributed by atoms with Crippen molar-refractivity contribution in [1.82, 2.24) is 9.97 Å². The number of carbonyl (C=O) groups is 1. The third-order valence-corrected chi connectivity index (χ3v) is 7.50. The van der Waals surface area contributed by atoms with E-state index in [9.17, 15) is 14.7 Å². The lowest BCUT2D eigenvalue weighted by molar-refractivity contribution is 0.0988. The van der Waals surface area contributed by atoms with Crippen LogP contribution in [-0.2, 0) is 6.42 Å². The third kappa shape index (κ3) is 4.76. The van der Waals surface area contributed by atoms with Gasteiger partial charge in [0.15, 0.2) is 16.9 Å². The normalized spacial score (nSPS) is 12.2. The minimum atomic E-state index is -0.770. The molecule has 0 aliphatic rings. The number of aryl methyl sites for hydroxylation is 1. The number of nitrogens with zero attached hydrogens (tertiary/aromatic N) is 2. The number of fused-ring (bicyclic) bond motifs is 2. The van der Waals surface area contributed by atoms with Gasteiger partial charge in [-0.25, -0.2) is 9.97 Å². The van der Waals surface area contributed by atoms with Crippen molar-refractivity contribution in [1.29, 1.82) is 0 Å². The fraction of sp³-hybridized carbons (Fsp3) is 0.214. The molecule has 38 heavy (non-hydrogen) atoms. The molecule has 0 fully saturated rings. The average molecular weight is 550 g/mol. The second kappa shape index (κ2) is 10.2. The lowest BCUT2D eigenvalue weighted by atomic mass is 10.00. The first-order valence-electron chi connectivity index (χ1n) is 11.9. The summed E-state index contributed by atoms with van der Waals surface area (Å²) in [6, 6.07) is 12.4. The van der Waals surface area contributed by atoms with E-state index in [4.69, 9.17) is 26.5 Å². The van der Waals surface area contributed by atoms with E-state index in [1.807, 2.05) is 31.2 Å². The highest BCUT2D eigenvalue weighted by molar-refractivity contribution is 7.18. The van der Waals surface area contributed by atoms with Gasteiger partial charge in [0.25, 0.3) is 5.91 Å². The fourth-order valence-corrected chi connectivity index (χ4v) is 5.55. The van der Waals surface area contributed by atoms with Gasteiger partial charge in [-0.1, -0.05) is 11.6 Å². The van der Waals surface area contributed by atoms with Crippen molar-refractivity contribution < 1.29 is 19.1 Å². The Morgan fingerprint density at radius 2 is 1.97 bits per heavy atom. The molecule has 2 aromatic carbocycles.